The van der Waals surface area contributed by atoms with Crippen LogP contribution in [0.15, 0.2) is 30.3 Å². The summed E-state index contributed by atoms with van der Waals surface area (Å²) in [6.45, 7) is 0.516. The predicted molar refractivity (Wildman–Crippen MR) is 90.3 cm³/mol. The first-order chi connectivity index (χ1) is 11.6. The molecule has 0 aliphatic heterocycles. The summed E-state index contributed by atoms with van der Waals surface area (Å²) >= 11 is 0. The van der Waals surface area contributed by atoms with Crippen molar-refractivity contribution < 1.29 is 19.6 Å². The van der Waals surface area contributed by atoms with Gasteiger partial charge in [0.2, 0.25) is 11.8 Å². The van der Waals surface area contributed by atoms with Gasteiger partial charge in [-0.05, 0) is 36.6 Å². The third-order valence-corrected chi connectivity index (χ3v) is 3.31. The lowest BCUT2D eigenvalue weighted by Crippen LogP contribution is -2.22. The molecule has 0 unspecified atom stereocenters. The van der Waals surface area contributed by atoms with E-state index < -0.39 is 5.91 Å². The number of unbranched alkanes of at least 4 members (excludes halogenated alkanes) is 2. The van der Waals surface area contributed by atoms with Crippen LogP contribution in [0.25, 0.3) is 6.08 Å². The Balaban J connectivity index is 2.31. The molecule has 3 amide bonds. The number of hydrogen-bond acceptors (Lipinski definition) is 4. The van der Waals surface area contributed by atoms with Crippen LogP contribution in [0.3, 0.4) is 0 Å². The van der Waals surface area contributed by atoms with Crippen molar-refractivity contribution in [2.45, 2.75) is 25.7 Å². The average molecular weight is 333 g/mol. The maximum Gasteiger partial charge on any atom is 0.251 e. The van der Waals surface area contributed by atoms with Crippen molar-refractivity contribution in [3.63, 3.8) is 0 Å². The maximum atomic E-state index is 11.7. The Morgan fingerprint density at radius 2 is 1.96 bits per heavy atom. The SMILES string of the molecule is CNC(=O)c1cccc(/C=C/C(=O)NCCCCCC(=O)NO)c1. The molecule has 0 aliphatic rings. The summed E-state index contributed by atoms with van der Waals surface area (Å²) in [5.41, 5.74) is 2.88. The van der Waals surface area contributed by atoms with Gasteiger partial charge in [0.05, 0.1) is 0 Å². The highest BCUT2D eigenvalue weighted by Crippen LogP contribution is 2.07. The number of amides is 3. The Hall–Kier alpha value is -2.67. The first kappa shape index (κ1) is 19.4. The first-order valence-corrected chi connectivity index (χ1v) is 7.78. The van der Waals surface area contributed by atoms with E-state index in [2.05, 4.69) is 10.6 Å². The van der Waals surface area contributed by atoms with Crippen molar-refractivity contribution in [1.82, 2.24) is 16.1 Å². The summed E-state index contributed by atoms with van der Waals surface area (Å²) in [5.74, 6) is -0.793. The molecule has 0 aromatic heterocycles. The van der Waals surface area contributed by atoms with Crippen LogP contribution in [-0.4, -0.2) is 36.5 Å². The highest BCUT2D eigenvalue weighted by molar-refractivity contribution is 5.95. The maximum absolute atomic E-state index is 11.7. The van der Waals surface area contributed by atoms with Crippen LogP contribution in [-0.2, 0) is 9.59 Å². The van der Waals surface area contributed by atoms with Gasteiger partial charge in [-0.2, -0.15) is 0 Å². The summed E-state index contributed by atoms with van der Waals surface area (Å²) in [6.07, 6.45) is 5.53. The molecule has 0 aliphatic carbocycles. The molecule has 7 heteroatoms. The van der Waals surface area contributed by atoms with E-state index in [-0.39, 0.29) is 18.2 Å². The molecule has 1 aromatic carbocycles. The molecule has 1 rings (SSSR count). The van der Waals surface area contributed by atoms with E-state index in [0.717, 1.165) is 18.4 Å². The van der Waals surface area contributed by atoms with Gasteiger partial charge >= 0.3 is 0 Å². The second-order valence-corrected chi connectivity index (χ2v) is 5.17. The zero-order chi connectivity index (χ0) is 17.8. The van der Waals surface area contributed by atoms with Crippen LogP contribution in [0.4, 0.5) is 0 Å². The summed E-state index contributed by atoms with van der Waals surface area (Å²) in [4.78, 5) is 34.0. The van der Waals surface area contributed by atoms with Crippen LogP contribution in [0.1, 0.15) is 41.6 Å². The van der Waals surface area contributed by atoms with Crippen LogP contribution in [0.2, 0.25) is 0 Å². The summed E-state index contributed by atoms with van der Waals surface area (Å²) in [7, 11) is 1.56. The molecule has 130 valence electrons. The minimum Gasteiger partial charge on any atom is -0.355 e. The lowest BCUT2D eigenvalue weighted by Gasteiger charge is -2.03. The standard InChI is InChI=1S/C17H23N3O4/c1-18-17(23)14-7-5-6-13(12-14)9-10-15(21)19-11-4-2-3-8-16(22)20-24/h5-7,9-10,12,24H,2-4,8,11H2,1H3,(H,18,23)(H,19,21)(H,20,22)/b10-9+. The summed E-state index contributed by atoms with van der Waals surface area (Å²) < 4.78 is 0. The largest absolute Gasteiger partial charge is 0.355 e. The summed E-state index contributed by atoms with van der Waals surface area (Å²) in [5, 5.41) is 13.6. The van der Waals surface area contributed by atoms with E-state index in [1.54, 1.807) is 36.8 Å². The lowest BCUT2D eigenvalue weighted by atomic mass is 10.1. The number of carbonyl (C=O) groups is 3. The van der Waals surface area contributed by atoms with Crippen LogP contribution < -0.4 is 16.1 Å². The van der Waals surface area contributed by atoms with E-state index >= 15 is 0 Å². The predicted octanol–water partition coefficient (Wildman–Crippen LogP) is 1.24. The minimum absolute atomic E-state index is 0.176. The molecule has 0 spiro atoms. The highest BCUT2D eigenvalue weighted by atomic mass is 16.5. The van der Waals surface area contributed by atoms with E-state index in [4.69, 9.17) is 5.21 Å². The molecule has 4 N–H and O–H groups in total. The first-order valence-electron chi connectivity index (χ1n) is 7.78. The van der Waals surface area contributed by atoms with Crippen LogP contribution >= 0.6 is 0 Å². The highest BCUT2D eigenvalue weighted by Gasteiger charge is 2.02. The Morgan fingerprint density at radius 1 is 1.17 bits per heavy atom. The average Bonchev–Trinajstić information content (AvgIpc) is 2.62. The molecule has 0 fully saturated rings. The van der Waals surface area contributed by atoms with Gasteiger partial charge in [0.1, 0.15) is 0 Å². The number of benzene rings is 1. The van der Waals surface area contributed by atoms with E-state index in [0.29, 0.717) is 18.5 Å². The Bertz CT molecular complexity index is 599. The minimum atomic E-state index is -0.402. The fraction of sp³-hybridized carbons (Fsp3) is 0.353. The molecular weight excluding hydrogens is 310 g/mol. The molecule has 0 heterocycles. The molecule has 0 saturated heterocycles. The Morgan fingerprint density at radius 3 is 2.67 bits per heavy atom. The Kier molecular flexibility index (Phi) is 8.85. The molecule has 7 nitrogen and oxygen atoms in total. The van der Waals surface area contributed by atoms with Crippen molar-refractivity contribution in [2.24, 2.45) is 0 Å². The number of carbonyl (C=O) groups excluding carboxylic acids is 3. The third-order valence-electron chi connectivity index (χ3n) is 3.31. The second kappa shape index (κ2) is 11.0. The van der Waals surface area contributed by atoms with Gasteiger partial charge in [-0.1, -0.05) is 18.6 Å². The van der Waals surface area contributed by atoms with Gasteiger partial charge in [-0.3, -0.25) is 19.6 Å². The number of hydrogen-bond donors (Lipinski definition) is 4. The molecule has 1 aromatic rings. The lowest BCUT2D eigenvalue weighted by molar-refractivity contribution is -0.129. The molecule has 24 heavy (non-hydrogen) atoms. The molecule has 0 radical (unpaired) electrons. The van der Waals surface area contributed by atoms with Gasteiger partial charge in [-0.15, -0.1) is 0 Å². The van der Waals surface area contributed by atoms with Gasteiger partial charge in [0, 0.05) is 31.7 Å². The van der Waals surface area contributed by atoms with Gasteiger partial charge in [0.15, 0.2) is 0 Å². The van der Waals surface area contributed by atoms with E-state index in [9.17, 15) is 14.4 Å². The summed E-state index contributed by atoms with van der Waals surface area (Å²) in [6, 6.07) is 6.97. The van der Waals surface area contributed by atoms with Crippen molar-refractivity contribution >= 4 is 23.8 Å². The smallest absolute Gasteiger partial charge is 0.251 e. The zero-order valence-corrected chi connectivity index (χ0v) is 13.7. The molecule has 0 atom stereocenters. The quantitative estimate of drug-likeness (QED) is 0.236. The van der Waals surface area contributed by atoms with E-state index in [1.807, 2.05) is 6.07 Å². The number of hydroxylamine groups is 1. The number of nitrogens with one attached hydrogen (secondary N) is 3. The molecule has 0 saturated carbocycles. The van der Waals surface area contributed by atoms with Crippen molar-refractivity contribution in [3.05, 3.63) is 41.5 Å². The fourth-order valence-electron chi connectivity index (χ4n) is 2.01. The normalized spacial score (nSPS) is 10.4. The van der Waals surface area contributed by atoms with Crippen LogP contribution in [0, 0.1) is 0 Å². The number of rotatable bonds is 9. The topological polar surface area (TPSA) is 108 Å². The fourth-order valence-corrected chi connectivity index (χ4v) is 2.01. The third kappa shape index (κ3) is 7.55. The zero-order valence-electron chi connectivity index (χ0n) is 13.7. The van der Waals surface area contributed by atoms with Gasteiger partial charge in [-0.25, -0.2) is 5.48 Å². The monoisotopic (exact) mass is 333 g/mol. The Labute approximate surface area is 141 Å². The van der Waals surface area contributed by atoms with Crippen molar-refractivity contribution in [3.8, 4) is 0 Å². The molecular formula is C17H23N3O4. The van der Waals surface area contributed by atoms with Gasteiger partial charge < -0.3 is 10.6 Å². The van der Waals surface area contributed by atoms with Crippen molar-refractivity contribution in [2.75, 3.05) is 13.6 Å². The molecule has 0 bridgehead atoms. The van der Waals surface area contributed by atoms with E-state index in [1.165, 1.54) is 6.08 Å². The second-order valence-electron chi connectivity index (χ2n) is 5.17. The van der Waals surface area contributed by atoms with Crippen LogP contribution in [0.5, 0.6) is 0 Å². The van der Waals surface area contributed by atoms with Crippen molar-refractivity contribution in [1.29, 1.82) is 0 Å². The van der Waals surface area contributed by atoms with Gasteiger partial charge in [0.25, 0.3) is 5.91 Å².